The molecule has 3 rings (SSSR count). The van der Waals surface area contributed by atoms with E-state index in [0.29, 0.717) is 30.9 Å². The number of hydroxylamine groups is 2. The Kier molecular flexibility index (Phi) is 8.67. The first-order valence-electron chi connectivity index (χ1n) is 12.2. The van der Waals surface area contributed by atoms with Crippen molar-refractivity contribution < 1.29 is 28.7 Å². The average molecular weight is 482 g/mol. The summed E-state index contributed by atoms with van der Waals surface area (Å²) in [4.78, 5) is 42.6. The third-order valence-electron chi connectivity index (χ3n) is 6.07. The number of ether oxygens (including phenoxy) is 2. The van der Waals surface area contributed by atoms with Crippen LogP contribution >= 0.6 is 0 Å². The number of rotatable bonds is 7. The Bertz CT molecular complexity index is 1020. The monoisotopic (exact) mass is 481 g/mol. The van der Waals surface area contributed by atoms with Crippen LogP contribution in [0, 0.1) is 5.41 Å². The number of hydrogen-bond acceptors (Lipinski definition) is 7. The van der Waals surface area contributed by atoms with Gasteiger partial charge in [0, 0.05) is 6.54 Å². The van der Waals surface area contributed by atoms with Crippen molar-refractivity contribution in [3.8, 4) is 0 Å². The number of piperidine rings is 1. The molecule has 188 valence electrons. The molecule has 2 aromatic carbocycles. The molecule has 0 amide bonds. The number of nitrogens with zero attached hydrogens (tertiary/aromatic N) is 1. The molecule has 0 aromatic heterocycles. The molecular formula is C28H35NO6. The maximum Gasteiger partial charge on any atom is 0.338 e. The lowest BCUT2D eigenvalue weighted by molar-refractivity contribution is -0.219. The van der Waals surface area contributed by atoms with Gasteiger partial charge in [0.2, 0.25) is 0 Å². The maximum atomic E-state index is 12.7. The van der Waals surface area contributed by atoms with Crippen LogP contribution < -0.4 is 0 Å². The van der Waals surface area contributed by atoms with Crippen molar-refractivity contribution in [2.24, 2.45) is 5.41 Å². The quantitative estimate of drug-likeness (QED) is 0.485. The van der Waals surface area contributed by atoms with E-state index in [2.05, 4.69) is 0 Å². The van der Waals surface area contributed by atoms with Crippen molar-refractivity contribution in [1.29, 1.82) is 0 Å². The average Bonchev–Trinajstić information content (AvgIpc) is 2.84. The number of hydrogen-bond donors (Lipinski definition) is 0. The van der Waals surface area contributed by atoms with Gasteiger partial charge >= 0.3 is 17.9 Å². The SMILES string of the molecule is CCOC(=O)c1ccc(C2CCN(OC(=O)C(C)(C)C)C(c3ccc(C(=O)OCC)cc3)C2)cc1. The van der Waals surface area contributed by atoms with Gasteiger partial charge in [-0.15, -0.1) is 5.06 Å². The zero-order valence-corrected chi connectivity index (χ0v) is 21.2. The third kappa shape index (κ3) is 6.69. The summed E-state index contributed by atoms with van der Waals surface area (Å²) in [7, 11) is 0. The van der Waals surface area contributed by atoms with Crippen molar-refractivity contribution in [3.63, 3.8) is 0 Å². The predicted molar refractivity (Wildman–Crippen MR) is 132 cm³/mol. The van der Waals surface area contributed by atoms with Crippen LogP contribution in [0.25, 0.3) is 0 Å². The summed E-state index contributed by atoms with van der Waals surface area (Å²) in [5, 5.41) is 1.76. The van der Waals surface area contributed by atoms with Gasteiger partial charge in [-0.25, -0.2) is 14.4 Å². The van der Waals surface area contributed by atoms with Crippen molar-refractivity contribution in [3.05, 3.63) is 70.8 Å². The highest BCUT2D eigenvalue weighted by Crippen LogP contribution is 2.40. The van der Waals surface area contributed by atoms with Crippen molar-refractivity contribution in [1.82, 2.24) is 5.06 Å². The second-order valence-electron chi connectivity index (χ2n) is 9.69. The van der Waals surface area contributed by atoms with Gasteiger partial charge in [0.15, 0.2) is 0 Å². The minimum absolute atomic E-state index is 0.180. The summed E-state index contributed by atoms with van der Waals surface area (Å²) in [6, 6.07) is 14.6. The Balaban J connectivity index is 1.84. The van der Waals surface area contributed by atoms with Crippen LogP contribution in [0.15, 0.2) is 48.5 Å². The van der Waals surface area contributed by atoms with Gasteiger partial charge in [0.05, 0.1) is 35.8 Å². The molecule has 7 nitrogen and oxygen atoms in total. The fourth-order valence-electron chi connectivity index (χ4n) is 4.06. The minimum atomic E-state index is -0.627. The molecule has 0 spiro atoms. The van der Waals surface area contributed by atoms with Gasteiger partial charge < -0.3 is 14.3 Å². The first kappa shape index (κ1) is 26.4. The topological polar surface area (TPSA) is 82.1 Å². The molecule has 1 fully saturated rings. The number of esters is 2. The van der Waals surface area contributed by atoms with E-state index in [0.717, 1.165) is 24.0 Å². The molecular weight excluding hydrogens is 446 g/mol. The number of benzene rings is 2. The molecule has 0 radical (unpaired) electrons. The van der Waals surface area contributed by atoms with Gasteiger partial charge in [-0.1, -0.05) is 24.3 Å². The zero-order chi connectivity index (χ0) is 25.6. The Morgan fingerprint density at radius 3 is 1.77 bits per heavy atom. The van der Waals surface area contributed by atoms with E-state index in [9.17, 15) is 14.4 Å². The fourth-order valence-corrected chi connectivity index (χ4v) is 4.06. The van der Waals surface area contributed by atoms with E-state index < -0.39 is 5.41 Å². The molecule has 2 unspecified atom stereocenters. The molecule has 7 heteroatoms. The second kappa shape index (κ2) is 11.5. The summed E-state index contributed by atoms with van der Waals surface area (Å²) < 4.78 is 10.2. The highest BCUT2D eigenvalue weighted by atomic mass is 16.7. The molecule has 1 aliphatic rings. The lowest BCUT2D eigenvalue weighted by atomic mass is 9.83. The summed E-state index contributed by atoms with van der Waals surface area (Å²) in [5.74, 6) is -0.769. The van der Waals surface area contributed by atoms with Gasteiger partial charge in [-0.3, -0.25) is 0 Å². The molecule has 0 saturated carbocycles. The van der Waals surface area contributed by atoms with Gasteiger partial charge in [0.1, 0.15) is 0 Å². The first-order valence-corrected chi connectivity index (χ1v) is 12.2. The molecule has 2 atom stereocenters. The van der Waals surface area contributed by atoms with Crippen molar-refractivity contribution in [2.45, 2.75) is 59.4 Å². The van der Waals surface area contributed by atoms with Crippen molar-refractivity contribution in [2.75, 3.05) is 19.8 Å². The second-order valence-corrected chi connectivity index (χ2v) is 9.69. The number of carbonyl (C=O) groups excluding carboxylic acids is 3. The predicted octanol–water partition coefficient (Wildman–Crippen LogP) is 5.47. The molecule has 2 aromatic rings. The van der Waals surface area contributed by atoms with Crippen LogP contribution in [-0.4, -0.2) is 42.7 Å². The molecule has 0 aliphatic carbocycles. The summed E-state index contributed by atoms with van der Waals surface area (Å²) in [6.45, 7) is 10.3. The molecule has 35 heavy (non-hydrogen) atoms. The molecule has 1 heterocycles. The Labute approximate surface area is 207 Å². The molecule has 1 aliphatic heterocycles. The molecule has 0 N–H and O–H groups in total. The summed E-state index contributed by atoms with van der Waals surface area (Å²) in [6.07, 6.45) is 1.52. The van der Waals surface area contributed by atoms with E-state index in [-0.39, 0.29) is 29.9 Å². The van der Waals surface area contributed by atoms with E-state index >= 15 is 0 Å². The lowest BCUT2D eigenvalue weighted by Crippen LogP contribution is -2.40. The van der Waals surface area contributed by atoms with Crippen LogP contribution in [-0.2, 0) is 19.1 Å². The summed E-state index contributed by atoms with van der Waals surface area (Å²) in [5.41, 5.74) is 2.45. The van der Waals surface area contributed by atoms with Crippen molar-refractivity contribution >= 4 is 17.9 Å². The van der Waals surface area contributed by atoms with Gasteiger partial charge in [0.25, 0.3) is 0 Å². The smallest absolute Gasteiger partial charge is 0.338 e. The van der Waals surface area contributed by atoms with E-state index in [4.69, 9.17) is 14.3 Å². The lowest BCUT2D eigenvalue weighted by Gasteiger charge is -2.39. The van der Waals surface area contributed by atoms with Gasteiger partial charge in [-0.05, 0) is 88.8 Å². The normalized spacial score (nSPS) is 18.5. The highest BCUT2D eigenvalue weighted by Gasteiger charge is 2.35. The molecule has 1 saturated heterocycles. The fraction of sp³-hybridized carbons (Fsp3) is 0.464. The Morgan fingerprint density at radius 1 is 0.829 bits per heavy atom. The Morgan fingerprint density at radius 2 is 1.31 bits per heavy atom. The third-order valence-corrected chi connectivity index (χ3v) is 6.07. The van der Waals surface area contributed by atoms with Crippen LogP contribution in [0.2, 0.25) is 0 Å². The van der Waals surface area contributed by atoms with E-state index in [1.165, 1.54) is 0 Å². The summed E-state index contributed by atoms with van der Waals surface area (Å²) >= 11 is 0. The van der Waals surface area contributed by atoms with Gasteiger partial charge in [-0.2, -0.15) is 0 Å². The highest BCUT2D eigenvalue weighted by molar-refractivity contribution is 5.89. The van der Waals surface area contributed by atoms with E-state index in [1.807, 2.05) is 45.0 Å². The largest absolute Gasteiger partial charge is 0.462 e. The maximum absolute atomic E-state index is 12.7. The molecule has 0 bridgehead atoms. The standard InChI is InChI=1S/C28H35NO6/c1-6-33-25(30)21-12-8-19(9-13-21)23-16-17-29(35-27(32)28(3,4)5)24(18-23)20-10-14-22(15-11-20)26(31)34-7-2/h8-15,23-24H,6-7,16-18H2,1-5H3. The number of carbonyl (C=O) groups is 3. The zero-order valence-electron chi connectivity index (χ0n) is 21.2. The van der Waals surface area contributed by atoms with E-state index in [1.54, 1.807) is 43.2 Å². The van der Waals surface area contributed by atoms with Crippen LogP contribution in [0.4, 0.5) is 0 Å². The van der Waals surface area contributed by atoms with Crippen LogP contribution in [0.1, 0.15) is 91.3 Å². The van der Waals surface area contributed by atoms with Crippen LogP contribution in [0.5, 0.6) is 0 Å². The minimum Gasteiger partial charge on any atom is -0.462 e. The Hall–Kier alpha value is -3.19. The van der Waals surface area contributed by atoms with Crippen LogP contribution in [0.3, 0.4) is 0 Å². The first-order chi connectivity index (χ1) is 16.6.